The fraction of sp³-hybridized carbons (Fsp3) is 0.400. The summed E-state index contributed by atoms with van der Waals surface area (Å²) in [5.74, 6) is -3.47. The highest BCUT2D eigenvalue weighted by molar-refractivity contribution is 5.28. The van der Waals surface area contributed by atoms with Gasteiger partial charge in [-0.1, -0.05) is 24.3 Å². The van der Waals surface area contributed by atoms with Gasteiger partial charge in [0.1, 0.15) is 0 Å². The average Bonchev–Trinajstić information content (AvgIpc) is 2.13. The highest BCUT2D eigenvalue weighted by Gasteiger charge is 2.57. The topological polar surface area (TPSA) is 26.0 Å². The Morgan fingerprint density at radius 3 is 1.94 bits per heavy atom. The Kier molecular flexibility index (Phi) is 3.71. The van der Waals surface area contributed by atoms with Gasteiger partial charge in [-0.2, -0.15) is 26.3 Å². The van der Waals surface area contributed by atoms with Crippen molar-refractivity contribution in [2.45, 2.75) is 24.8 Å². The van der Waals surface area contributed by atoms with Crippen molar-refractivity contribution in [3.8, 4) is 0 Å². The van der Waals surface area contributed by atoms with Crippen molar-refractivity contribution in [1.82, 2.24) is 0 Å². The van der Waals surface area contributed by atoms with Crippen LogP contribution in [0.3, 0.4) is 0 Å². The minimum absolute atomic E-state index is 0.115. The second-order valence-corrected chi connectivity index (χ2v) is 3.47. The fourth-order valence-corrected chi connectivity index (χ4v) is 1.46. The molecule has 0 fully saturated rings. The van der Waals surface area contributed by atoms with E-state index in [0.717, 1.165) is 18.2 Å². The summed E-state index contributed by atoms with van der Waals surface area (Å²) in [5.41, 5.74) is 4.56. The molecule has 1 aromatic rings. The summed E-state index contributed by atoms with van der Waals surface area (Å²) in [6, 6.07) is 4.12. The van der Waals surface area contributed by atoms with Gasteiger partial charge >= 0.3 is 12.4 Å². The van der Waals surface area contributed by atoms with Gasteiger partial charge in [-0.3, -0.25) is 0 Å². The van der Waals surface area contributed by atoms with Crippen LogP contribution in [0.1, 0.15) is 17.0 Å². The highest BCUT2D eigenvalue weighted by atomic mass is 19.4. The fourth-order valence-electron chi connectivity index (χ4n) is 1.46. The van der Waals surface area contributed by atoms with Crippen molar-refractivity contribution in [2.75, 3.05) is 0 Å². The van der Waals surface area contributed by atoms with E-state index in [1.165, 1.54) is 6.07 Å². The van der Waals surface area contributed by atoms with Crippen LogP contribution in [0.5, 0.6) is 0 Å². The zero-order valence-electron chi connectivity index (χ0n) is 8.44. The van der Waals surface area contributed by atoms with Crippen LogP contribution in [0.25, 0.3) is 0 Å². The molecule has 0 atom stereocenters. The summed E-state index contributed by atoms with van der Waals surface area (Å²) >= 11 is 0. The molecule has 0 radical (unpaired) electrons. The second-order valence-electron chi connectivity index (χ2n) is 3.47. The molecule has 0 bridgehead atoms. The van der Waals surface area contributed by atoms with Crippen molar-refractivity contribution < 1.29 is 26.3 Å². The van der Waals surface area contributed by atoms with Gasteiger partial charge in [0.25, 0.3) is 0 Å². The number of benzene rings is 1. The largest absolute Gasteiger partial charge is 0.404 e. The van der Waals surface area contributed by atoms with E-state index in [1.807, 2.05) is 0 Å². The summed E-state index contributed by atoms with van der Waals surface area (Å²) in [4.78, 5) is 0. The molecule has 0 aliphatic heterocycles. The average molecular weight is 257 g/mol. The normalized spacial score (nSPS) is 13.2. The smallest absolute Gasteiger partial charge is 0.326 e. The zero-order chi connectivity index (χ0) is 13.3. The minimum Gasteiger partial charge on any atom is -0.326 e. The molecule has 1 nitrogen and oxygen atoms in total. The van der Waals surface area contributed by atoms with Crippen molar-refractivity contribution in [2.24, 2.45) is 5.73 Å². The van der Waals surface area contributed by atoms with E-state index in [1.54, 1.807) is 0 Å². The molecule has 0 unspecified atom stereocenters. The lowest BCUT2D eigenvalue weighted by molar-refractivity contribution is -0.253. The molecular weight excluding hydrogens is 248 g/mol. The number of alkyl halides is 6. The van der Waals surface area contributed by atoms with E-state index in [-0.39, 0.29) is 12.1 Å². The standard InChI is InChI=1S/C10H9F6N/c11-9(12,13)8(10(14,15)16)7-3-1-2-6(4-7)5-17/h1-4,8H,5,17H2. The van der Waals surface area contributed by atoms with E-state index < -0.39 is 23.8 Å². The maximum atomic E-state index is 12.4. The summed E-state index contributed by atoms with van der Waals surface area (Å²) in [6.45, 7) is -0.115. The summed E-state index contributed by atoms with van der Waals surface area (Å²) in [7, 11) is 0. The summed E-state index contributed by atoms with van der Waals surface area (Å²) in [5, 5.41) is 0. The monoisotopic (exact) mass is 257 g/mol. The van der Waals surface area contributed by atoms with Crippen molar-refractivity contribution >= 4 is 0 Å². The van der Waals surface area contributed by atoms with Crippen LogP contribution < -0.4 is 5.73 Å². The van der Waals surface area contributed by atoms with Crippen LogP contribution in [0, 0.1) is 0 Å². The van der Waals surface area contributed by atoms with Gasteiger partial charge in [0, 0.05) is 6.54 Å². The first-order valence-corrected chi connectivity index (χ1v) is 4.58. The molecule has 0 saturated carbocycles. The van der Waals surface area contributed by atoms with Crippen LogP contribution in [0.15, 0.2) is 24.3 Å². The predicted octanol–water partition coefficient (Wildman–Crippen LogP) is 3.35. The third-order valence-corrected chi connectivity index (χ3v) is 2.17. The number of halogens is 6. The van der Waals surface area contributed by atoms with Gasteiger partial charge < -0.3 is 5.73 Å². The molecule has 1 rings (SSSR count). The molecule has 0 aromatic heterocycles. The van der Waals surface area contributed by atoms with Crippen LogP contribution in [0.2, 0.25) is 0 Å². The lowest BCUT2D eigenvalue weighted by Crippen LogP contribution is -2.34. The number of hydrogen-bond donors (Lipinski definition) is 1. The molecule has 0 amide bonds. The molecular formula is C10H9F6N. The number of rotatable bonds is 2. The lowest BCUT2D eigenvalue weighted by Gasteiger charge is -2.23. The number of hydrogen-bond acceptors (Lipinski definition) is 1. The molecule has 17 heavy (non-hydrogen) atoms. The Morgan fingerprint density at radius 1 is 1.00 bits per heavy atom. The van der Waals surface area contributed by atoms with Gasteiger partial charge in [0.2, 0.25) is 0 Å². The SMILES string of the molecule is NCc1cccc(C(C(F)(F)F)C(F)(F)F)c1. The Bertz CT molecular complexity index is 367. The van der Waals surface area contributed by atoms with E-state index in [2.05, 4.69) is 0 Å². The molecule has 1 aromatic carbocycles. The van der Waals surface area contributed by atoms with Crippen molar-refractivity contribution in [3.05, 3.63) is 35.4 Å². The van der Waals surface area contributed by atoms with Crippen LogP contribution in [-0.2, 0) is 6.54 Å². The Labute approximate surface area is 93.2 Å². The Morgan fingerprint density at radius 2 is 1.53 bits per heavy atom. The molecule has 96 valence electrons. The maximum absolute atomic E-state index is 12.4. The Hall–Kier alpha value is -1.24. The van der Waals surface area contributed by atoms with Gasteiger partial charge in [-0.05, 0) is 11.1 Å². The van der Waals surface area contributed by atoms with Gasteiger partial charge in [0.15, 0.2) is 5.92 Å². The summed E-state index contributed by atoms with van der Waals surface area (Å²) in [6.07, 6.45) is -10.7. The molecule has 7 heteroatoms. The molecule has 0 spiro atoms. The van der Waals surface area contributed by atoms with Crippen LogP contribution >= 0.6 is 0 Å². The molecule has 0 saturated heterocycles. The Balaban J connectivity index is 3.23. The lowest BCUT2D eigenvalue weighted by atomic mass is 9.96. The minimum atomic E-state index is -5.37. The highest BCUT2D eigenvalue weighted by Crippen LogP contribution is 2.46. The van der Waals surface area contributed by atoms with E-state index >= 15 is 0 Å². The van der Waals surface area contributed by atoms with Crippen molar-refractivity contribution in [1.29, 1.82) is 0 Å². The van der Waals surface area contributed by atoms with Crippen molar-refractivity contribution in [3.63, 3.8) is 0 Å². The number of nitrogens with two attached hydrogens (primary N) is 1. The van der Waals surface area contributed by atoms with Crippen LogP contribution in [0.4, 0.5) is 26.3 Å². The van der Waals surface area contributed by atoms with E-state index in [0.29, 0.717) is 0 Å². The van der Waals surface area contributed by atoms with E-state index in [9.17, 15) is 26.3 Å². The maximum Gasteiger partial charge on any atom is 0.404 e. The second kappa shape index (κ2) is 4.56. The molecule has 0 heterocycles. The molecule has 2 N–H and O–H groups in total. The third kappa shape index (κ3) is 3.36. The first kappa shape index (κ1) is 13.8. The molecule has 0 aliphatic carbocycles. The first-order valence-electron chi connectivity index (χ1n) is 4.58. The predicted molar refractivity (Wildman–Crippen MR) is 49.2 cm³/mol. The van der Waals surface area contributed by atoms with Gasteiger partial charge in [-0.25, -0.2) is 0 Å². The zero-order valence-corrected chi connectivity index (χ0v) is 8.44. The first-order chi connectivity index (χ1) is 7.66. The van der Waals surface area contributed by atoms with Gasteiger partial charge in [-0.15, -0.1) is 0 Å². The van der Waals surface area contributed by atoms with E-state index in [4.69, 9.17) is 5.73 Å². The third-order valence-electron chi connectivity index (χ3n) is 2.17. The van der Waals surface area contributed by atoms with Crippen LogP contribution in [-0.4, -0.2) is 12.4 Å². The quantitative estimate of drug-likeness (QED) is 0.808. The molecule has 0 aliphatic rings. The van der Waals surface area contributed by atoms with Gasteiger partial charge in [0.05, 0.1) is 0 Å². The summed E-state index contributed by atoms with van der Waals surface area (Å²) < 4.78 is 74.3.